The summed E-state index contributed by atoms with van der Waals surface area (Å²) in [6, 6.07) is 22.3. The molecule has 1 heterocycles. The number of fused-ring (bicyclic) bond motifs is 1. The van der Waals surface area contributed by atoms with Crippen LogP contribution in [0.3, 0.4) is 0 Å². The predicted octanol–water partition coefficient (Wildman–Crippen LogP) is 5.24. The maximum absolute atomic E-state index is 10.7. The number of hydrogen-bond donors (Lipinski definition) is 0. The molecule has 0 unspecified atom stereocenters. The van der Waals surface area contributed by atoms with E-state index in [4.69, 9.17) is 14.2 Å². The molecule has 3 aromatic carbocycles. The van der Waals surface area contributed by atoms with Gasteiger partial charge >= 0.3 is 0 Å². The van der Waals surface area contributed by atoms with Gasteiger partial charge in [-0.1, -0.05) is 36.4 Å². The second kappa shape index (κ2) is 11.4. The maximum Gasteiger partial charge on any atom is 0.125 e. The number of rotatable bonds is 11. The van der Waals surface area contributed by atoms with E-state index in [1.807, 2.05) is 48.5 Å². The number of aldehydes is 1. The quantitative estimate of drug-likeness (QED) is 0.378. The van der Waals surface area contributed by atoms with Crippen LogP contribution >= 0.6 is 0 Å². The van der Waals surface area contributed by atoms with Crippen LogP contribution in [0.1, 0.15) is 29.5 Å². The number of ether oxygens (including phenoxy) is 3. The van der Waals surface area contributed by atoms with E-state index in [0.717, 1.165) is 55.0 Å². The summed E-state index contributed by atoms with van der Waals surface area (Å²) in [6.45, 7) is 3.05. The van der Waals surface area contributed by atoms with E-state index in [1.165, 1.54) is 16.8 Å². The number of hydrogen-bond acceptors (Lipinski definition) is 5. The Bertz CT molecular complexity index is 1050. The highest BCUT2D eigenvalue weighted by Crippen LogP contribution is 2.31. The first-order chi connectivity index (χ1) is 16.3. The van der Waals surface area contributed by atoms with Gasteiger partial charge in [0.1, 0.15) is 36.7 Å². The molecular weight excluding hydrogens is 414 g/mol. The Balaban J connectivity index is 1.40. The number of para-hydroxylation sites is 1. The van der Waals surface area contributed by atoms with Crippen LogP contribution in [0.5, 0.6) is 17.2 Å². The van der Waals surface area contributed by atoms with Crippen LogP contribution in [-0.4, -0.2) is 33.1 Å². The predicted molar refractivity (Wildman–Crippen MR) is 131 cm³/mol. The van der Waals surface area contributed by atoms with Gasteiger partial charge in [0.2, 0.25) is 0 Å². The smallest absolute Gasteiger partial charge is 0.125 e. The zero-order chi connectivity index (χ0) is 22.9. The molecule has 33 heavy (non-hydrogen) atoms. The van der Waals surface area contributed by atoms with Crippen LogP contribution in [-0.2, 0) is 24.2 Å². The van der Waals surface area contributed by atoms with Gasteiger partial charge in [0.05, 0.1) is 13.7 Å². The molecule has 0 atom stereocenters. The van der Waals surface area contributed by atoms with Crippen molar-refractivity contribution in [1.29, 1.82) is 0 Å². The van der Waals surface area contributed by atoms with Crippen LogP contribution in [0.4, 0.5) is 5.69 Å². The Hall–Kier alpha value is -3.47. The molecule has 172 valence electrons. The maximum atomic E-state index is 10.7. The van der Waals surface area contributed by atoms with Gasteiger partial charge in [-0.05, 0) is 60.2 Å². The van der Waals surface area contributed by atoms with Crippen molar-refractivity contribution in [3.8, 4) is 17.2 Å². The number of aryl methyl sites for hydroxylation is 1. The minimum absolute atomic E-state index is 0.486. The van der Waals surface area contributed by atoms with E-state index >= 15 is 0 Å². The molecule has 4 rings (SSSR count). The fraction of sp³-hybridized carbons (Fsp3) is 0.321. The van der Waals surface area contributed by atoms with Crippen molar-refractivity contribution in [2.45, 2.75) is 32.3 Å². The van der Waals surface area contributed by atoms with Crippen molar-refractivity contribution < 1.29 is 19.0 Å². The van der Waals surface area contributed by atoms with E-state index in [9.17, 15) is 4.79 Å². The van der Waals surface area contributed by atoms with E-state index in [0.29, 0.717) is 26.1 Å². The Morgan fingerprint density at radius 2 is 1.82 bits per heavy atom. The standard InChI is InChI=1S/C28H31NO4/c1-31-28-20-25(15-14-22(28)9-7-18-30)33-21-23-8-5-13-27-26(23)12-6-16-29(27)17-19-32-24-10-3-2-4-11-24/h2-5,8,10-11,13-15,18,20H,6-7,9,12,16-17,19,21H2,1H3. The molecule has 0 radical (unpaired) electrons. The first-order valence-electron chi connectivity index (χ1n) is 11.6. The van der Waals surface area contributed by atoms with Gasteiger partial charge in [0.15, 0.2) is 0 Å². The summed E-state index contributed by atoms with van der Waals surface area (Å²) >= 11 is 0. The molecule has 1 aliphatic heterocycles. The average molecular weight is 446 g/mol. The Kier molecular flexibility index (Phi) is 7.85. The summed E-state index contributed by atoms with van der Waals surface area (Å²) in [5.41, 5.74) is 4.87. The van der Waals surface area contributed by atoms with Crippen molar-refractivity contribution in [2.24, 2.45) is 0 Å². The minimum atomic E-state index is 0.486. The van der Waals surface area contributed by atoms with Gasteiger partial charge in [-0.25, -0.2) is 0 Å². The Morgan fingerprint density at radius 1 is 0.939 bits per heavy atom. The highest BCUT2D eigenvalue weighted by atomic mass is 16.5. The molecule has 0 fully saturated rings. The van der Waals surface area contributed by atoms with Gasteiger partial charge < -0.3 is 23.9 Å². The number of nitrogens with zero attached hydrogens (tertiary/aromatic N) is 1. The monoisotopic (exact) mass is 445 g/mol. The van der Waals surface area contributed by atoms with E-state index in [-0.39, 0.29) is 0 Å². The minimum Gasteiger partial charge on any atom is -0.496 e. The molecule has 0 aliphatic carbocycles. The van der Waals surface area contributed by atoms with E-state index in [2.05, 4.69) is 23.1 Å². The summed E-state index contributed by atoms with van der Waals surface area (Å²) < 4.78 is 17.6. The topological polar surface area (TPSA) is 48.0 Å². The second-order valence-corrected chi connectivity index (χ2v) is 8.13. The molecular formula is C28H31NO4. The zero-order valence-corrected chi connectivity index (χ0v) is 19.2. The average Bonchev–Trinajstić information content (AvgIpc) is 2.87. The summed E-state index contributed by atoms with van der Waals surface area (Å²) in [5.74, 6) is 2.43. The fourth-order valence-electron chi connectivity index (χ4n) is 4.33. The molecule has 5 heteroatoms. The summed E-state index contributed by atoms with van der Waals surface area (Å²) in [6.07, 6.45) is 4.26. The van der Waals surface area contributed by atoms with Crippen molar-refractivity contribution in [2.75, 3.05) is 31.7 Å². The van der Waals surface area contributed by atoms with Crippen LogP contribution < -0.4 is 19.1 Å². The lowest BCUT2D eigenvalue weighted by Crippen LogP contribution is -2.33. The molecule has 5 nitrogen and oxygen atoms in total. The lowest BCUT2D eigenvalue weighted by Gasteiger charge is -2.32. The first kappa shape index (κ1) is 22.7. The van der Waals surface area contributed by atoms with Crippen molar-refractivity contribution in [1.82, 2.24) is 0 Å². The fourth-order valence-corrected chi connectivity index (χ4v) is 4.33. The first-order valence-corrected chi connectivity index (χ1v) is 11.6. The van der Waals surface area contributed by atoms with Crippen LogP contribution in [0, 0.1) is 0 Å². The third-order valence-electron chi connectivity index (χ3n) is 6.00. The number of carbonyl (C=O) groups excluding carboxylic acids is 1. The van der Waals surface area contributed by atoms with Gasteiger partial charge in [0.25, 0.3) is 0 Å². The second-order valence-electron chi connectivity index (χ2n) is 8.13. The molecule has 1 aliphatic rings. The summed E-state index contributed by atoms with van der Waals surface area (Å²) in [4.78, 5) is 13.1. The van der Waals surface area contributed by atoms with Gasteiger partial charge in [0, 0.05) is 24.7 Å². The van der Waals surface area contributed by atoms with Crippen molar-refractivity contribution in [3.63, 3.8) is 0 Å². The largest absolute Gasteiger partial charge is 0.496 e. The third kappa shape index (κ3) is 5.86. The zero-order valence-electron chi connectivity index (χ0n) is 19.2. The number of anilines is 1. The van der Waals surface area contributed by atoms with Crippen LogP contribution in [0.2, 0.25) is 0 Å². The SMILES string of the molecule is COc1cc(OCc2cccc3c2CCCN3CCOc2ccccc2)ccc1CCC=O. The summed E-state index contributed by atoms with van der Waals surface area (Å²) in [7, 11) is 1.65. The van der Waals surface area contributed by atoms with Gasteiger partial charge in [-0.3, -0.25) is 0 Å². The van der Waals surface area contributed by atoms with Gasteiger partial charge in [-0.15, -0.1) is 0 Å². The van der Waals surface area contributed by atoms with Crippen LogP contribution in [0.25, 0.3) is 0 Å². The van der Waals surface area contributed by atoms with Crippen LogP contribution in [0.15, 0.2) is 66.7 Å². The molecule has 0 saturated heterocycles. The highest BCUT2D eigenvalue weighted by molar-refractivity contribution is 5.58. The molecule has 0 N–H and O–H groups in total. The summed E-state index contributed by atoms with van der Waals surface area (Å²) in [5, 5.41) is 0. The van der Waals surface area contributed by atoms with E-state index < -0.39 is 0 Å². The van der Waals surface area contributed by atoms with E-state index in [1.54, 1.807) is 7.11 Å². The van der Waals surface area contributed by atoms with Crippen molar-refractivity contribution >= 4 is 12.0 Å². The number of methoxy groups -OCH3 is 1. The lowest BCUT2D eigenvalue weighted by molar-refractivity contribution is -0.107. The Labute approximate surface area is 195 Å². The molecule has 3 aromatic rings. The molecule has 0 saturated carbocycles. The number of benzene rings is 3. The molecule has 0 aromatic heterocycles. The number of carbonyl (C=O) groups is 1. The Morgan fingerprint density at radius 3 is 2.64 bits per heavy atom. The normalized spacial score (nSPS) is 12.7. The van der Waals surface area contributed by atoms with Crippen molar-refractivity contribution in [3.05, 3.63) is 83.4 Å². The third-order valence-corrected chi connectivity index (χ3v) is 6.00. The lowest BCUT2D eigenvalue weighted by atomic mass is 9.96. The highest BCUT2D eigenvalue weighted by Gasteiger charge is 2.19. The molecule has 0 bridgehead atoms. The molecule has 0 spiro atoms. The molecule has 0 amide bonds. The van der Waals surface area contributed by atoms with Gasteiger partial charge in [-0.2, -0.15) is 0 Å².